The van der Waals surface area contributed by atoms with Crippen LogP contribution in [0.4, 0.5) is 0 Å². The summed E-state index contributed by atoms with van der Waals surface area (Å²) in [7, 11) is 2.12. The largest absolute Gasteiger partial charge is 0.304 e. The molecule has 0 aromatic rings. The molecule has 0 unspecified atom stereocenters. The maximum absolute atomic E-state index is 8.65. The molecular formula is C8H15N3. The van der Waals surface area contributed by atoms with Crippen molar-refractivity contribution in [3.8, 4) is 6.07 Å². The van der Waals surface area contributed by atoms with Gasteiger partial charge >= 0.3 is 0 Å². The third-order valence-electron chi connectivity index (χ3n) is 2.27. The van der Waals surface area contributed by atoms with Crippen LogP contribution in [-0.4, -0.2) is 49.1 Å². The Hall–Kier alpha value is -0.590. The van der Waals surface area contributed by atoms with Crippen molar-refractivity contribution in [3.05, 3.63) is 0 Å². The van der Waals surface area contributed by atoms with Crippen LogP contribution in [0.3, 0.4) is 0 Å². The lowest BCUT2D eigenvalue weighted by Gasteiger charge is -2.33. The number of piperazine rings is 1. The number of rotatable bonds is 1. The van der Waals surface area contributed by atoms with Gasteiger partial charge in [0.05, 0.1) is 12.1 Å². The highest BCUT2D eigenvalue weighted by Crippen LogP contribution is 2.03. The molecule has 11 heavy (non-hydrogen) atoms. The molecule has 1 saturated heterocycles. The van der Waals surface area contributed by atoms with Crippen molar-refractivity contribution in [1.82, 2.24) is 9.80 Å². The van der Waals surface area contributed by atoms with Gasteiger partial charge in [0.15, 0.2) is 0 Å². The minimum atomic E-state index is 0.0868. The Balaban J connectivity index is 2.34. The van der Waals surface area contributed by atoms with Crippen molar-refractivity contribution in [2.24, 2.45) is 0 Å². The SMILES string of the molecule is C[C@H](C#N)N1CCN(C)CC1. The van der Waals surface area contributed by atoms with Gasteiger partial charge in [-0.3, -0.25) is 4.90 Å². The van der Waals surface area contributed by atoms with E-state index in [2.05, 4.69) is 22.9 Å². The van der Waals surface area contributed by atoms with Gasteiger partial charge in [0.2, 0.25) is 0 Å². The fourth-order valence-corrected chi connectivity index (χ4v) is 1.29. The Kier molecular flexibility index (Phi) is 2.86. The van der Waals surface area contributed by atoms with E-state index < -0.39 is 0 Å². The molecule has 0 saturated carbocycles. The normalized spacial score (nSPS) is 24.5. The summed E-state index contributed by atoms with van der Waals surface area (Å²) in [6.45, 7) is 6.21. The number of hydrogen-bond donors (Lipinski definition) is 0. The number of nitriles is 1. The summed E-state index contributed by atoms with van der Waals surface area (Å²) in [5, 5.41) is 8.65. The molecule has 3 nitrogen and oxygen atoms in total. The first-order chi connectivity index (χ1) is 5.24. The van der Waals surface area contributed by atoms with Crippen LogP contribution in [0, 0.1) is 11.3 Å². The van der Waals surface area contributed by atoms with Gasteiger partial charge in [0.25, 0.3) is 0 Å². The summed E-state index contributed by atoms with van der Waals surface area (Å²) in [5.41, 5.74) is 0. The number of nitrogens with zero attached hydrogens (tertiary/aromatic N) is 3. The highest BCUT2D eigenvalue weighted by molar-refractivity contribution is 4.89. The molecule has 1 aliphatic rings. The lowest BCUT2D eigenvalue weighted by atomic mass is 10.2. The molecule has 1 fully saturated rings. The summed E-state index contributed by atoms with van der Waals surface area (Å²) in [6.07, 6.45) is 0. The van der Waals surface area contributed by atoms with Crippen LogP contribution in [0.1, 0.15) is 6.92 Å². The standard InChI is InChI=1S/C8H15N3/c1-8(7-9)11-5-3-10(2)4-6-11/h8H,3-6H2,1-2H3/t8-/m1/s1. The molecule has 1 heterocycles. The minimum Gasteiger partial charge on any atom is -0.304 e. The summed E-state index contributed by atoms with van der Waals surface area (Å²) in [5.74, 6) is 0. The molecule has 0 amide bonds. The van der Waals surface area contributed by atoms with E-state index in [0.29, 0.717) is 0 Å². The predicted molar refractivity (Wildman–Crippen MR) is 44.1 cm³/mol. The Morgan fingerprint density at radius 1 is 1.27 bits per heavy atom. The predicted octanol–water partition coefficient (Wildman–Crippen LogP) is 0.146. The fourth-order valence-electron chi connectivity index (χ4n) is 1.29. The monoisotopic (exact) mass is 153 g/mol. The van der Waals surface area contributed by atoms with E-state index >= 15 is 0 Å². The molecule has 1 atom stereocenters. The molecule has 0 radical (unpaired) electrons. The second kappa shape index (κ2) is 3.70. The van der Waals surface area contributed by atoms with Gasteiger partial charge in [-0.1, -0.05) is 0 Å². The smallest absolute Gasteiger partial charge is 0.0950 e. The van der Waals surface area contributed by atoms with Crippen molar-refractivity contribution in [2.45, 2.75) is 13.0 Å². The van der Waals surface area contributed by atoms with E-state index in [4.69, 9.17) is 5.26 Å². The number of likely N-dealkylation sites (N-methyl/N-ethyl adjacent to an activating group) is 1. The van der Waals surface area contributed by atoms with Gasteiger partial charge in [-0.25, -0.2) is 0 Å². The van der Waals surface area contributed by atoms with Crippen LogP contribution in [0.2, 0.25) is 0 Å². The second-order valence-corrected chi connectivity index (χ2v) is 3.14. The van der Waals surface area contributed by atoms with Crippen molar-refractivity contribution in [2.75, 3.05) is 33.2 Å². The van der Waals surface area contributed by atoms with E-state index in [1.165, 1.54) is 0 Å². The third kappa shape index (κ3) is 2.18. The molecule has 0 bridgehead atoms. The van der Waals surface area contributed by atoms with E-state index in [1.807, 2.05) is 6.92 Å². The summed E-state index contributed by atoms with van der Waals surface area (Å²) in [6, 6.07) is 2.34. The van der Waals surface area contributed by atoms with Gasteiger partial charge in [0, 0.05) is 26.2 Å². The molecule has 3 heteroatoms. The van der Waals surface area contributed by atoms with Gasteiger partial charge in [-0.15, -0.1) is 0 Å². The van der Waals surface area contributed by atoms with Crippen molar-refractivity contribution >= 4 is 0 Å². The van der Waals surface area contributed by atoms with Crippen molar-refractivity contribution in [1.29, 1.82) is 5.26 Å². The molecule has 0 N–H and O–H groups in total. The first-order valence-electron chi connectivity index (χ1n) is 4.06. The first-order valence-corrected chi connectivity index (χ1v) is 4.06. The lowest BCUT2D eigenvalue weighted by Crippen LogP contribution is -2.47. The molecule has 0 aromatic heterocycles. The first kappa shape index (κ1) is 8.51. The van der Waals surface area contributed by atoms with E-state index in [-0.39, 0.29) is 6.04 Å². The van der Waals surface area contributed by atoms with Crippen molar-refractivity contribution in [3.63, 3.8) is 0 Å². The van der Waals surface area contributed by atoms with E-state index in [9.17, 15) is 0 Å². The Labute approximate surface area is 68.2 Å². The van der Waals surface area contributed by atoms with Gasteiger partial charge in [-0.2, -0.15) is 5.26 Å². The fraction of sp³-hybridized carbons (Fsp3) is 0.875. The van der Waals surface area contributed by atoms with Crippen molar-refractivity contribution < 1.29 is 0 Å². The van der Waals surface area contributed by atoms with E-state index in [1.54, 1.807) is 0 Å². The molecule has 1 rings (SSSR count). The molecule has 0 aromatic carbocycles. The zero-order valence-electron chi connectivity index (χ0n) is 7.25. The molecule has 0 spiro atoms. The van der Waals surface area contributed by atoms with Crippen LogP contribution in [0.25, 0.3) is 0 Å². The second-order valence-electron chi connectivity index (χ2n) is 3.14. The van der Waals surface area contributed by atoms with Gasteiger partial charge in [-0.05, 0) is 14.0 Å². The molecular weight excluding hydrogens is 138 g/mol. The van der Waals surface area contributed by atoms with Crippen LogP contribution in [-0.2, 0) is 0 Å². The summed E-state index contributed by atoms with van der Waals surface area (Å²) in [4.78, 5) is 4.51. The van der Waals surface area contributed by atoms with E-state index in [0.717, 1.165) is 26.2 Å². The summed E-state index contributed by atoms with van der Waals surface area (Å²) < 4.78 is 0. The maximum Gasteiger partial charge on any atom is 0.0950 e. The zero-order valence-corrected chi connectivity index (χ0v) is 7.25. The number of hydrogen-bond acceptors (Lipinski definition) is 3. The van der Waals surface area contributed by atoms with Crippen LogP contribution in [0.5, 0.6) is 0 Å². The van der Waals surface area contributed by atoms with Crippen LogP contribution in [0.15, 0.2) is 0 Å². The quantitative estimate of drug-likeness (QED) is 0.537. The van der Waals surface area contributed by atoms with Gasteiger partial charge < -0.3 is 4.90 Å². The Morgan fingerprint density at radius 3 is 2.27 bits per heavy atom. The highest BCUT2D eigenvalue weighted by Gasteiger charge is 2.17. The Bertz CT molecular complexity index is 153. The van der Waals surface area contributed by atoms with Crippen LogP contribution >= 0.6 is 0 Å². The lowest BCUT2D eigenvalue weighted by molar-refractivity contribution is 0.139. The zero-order chi connectivity index (χ0) is 8.27. The molecule has 62 valence electrons. The summed E-state index contributed by atoms with van der Waals surface area (Å²) >= 11 is 0. The average Bonchev–Trinajstić information content (AvgIpc) is 2.05. The maximum atomic E-state index is 8.65. The molecule has 0 aliphatic carbocycles. The van der Waals surface area contributed by atoms with Gasteiger partial charge in [0.1, 0.15) is 0 Å². The Morgan fingerprint density at radius 2 is 1.82 bits per heavy atom. The minimum absolute atomic E-state index is 0.0868. The average molecular weight is 153 g/mol. The highest BCUT2D eigenvalue weighted by atomic mass is 15.3. The topological polar surface area (TPSA) is 30.3 Å². The molecule has 1 aliphatic heterocycles. The third-order valence-corrected chi connectivity index (χ3v) is 2.27. The van der Waals surface area contributed by atoms with Crippen LogP contribution < -0.4 is 0 Å².